The number of guanidine groups is 1. The maximum absolute atomic E-state index is 5.94. The Hall–Kier alpha value is -1.82. The summed E-state index contributed by atoms with van der Waals surface area (Å²) in [6.07, 6.45) is 7.18. The molecule has 2 saturated heterocycles. The molecule has 26 heavy (non-hydrogen) atoms. The lowest BCUT2D eigenvalue weighted by Gasteiger charge is -2.22. The average molecular weight is 361 g/mol. The van der Waals surface area contributed by atoms with Gasteiger partial charge in [0.1, 0.15) is 0 Å². The minimum Gasteiger partial charge on any atom is -0.475 e. The molecule has 2 aliphatic heterocycles. The zero-order chi connectivity index (χ0) is 18.5. The van der Waals surface area contributed by atoms with Crippen molar-refractivity contribution in [1.82, 2.24) is 15.6 Å². The van der Waals surface area contributed by atoms with Crippen molar-refractivity contribution in [2.45, 2.75) is 77.4 Å². The second-order valence-electron chi connectivity index (χ2n) is 7.85. The molecule has 2 bridgehead atoms. The van der Waals surface area contributed by atoms with Crippen molar-refractivity contribution >= 4 is 5.96 Å². The van der Waals surface area contributed by atoms with Gasteiger partial charge in [-0.15, -0.1) is 0 Å². The Morgan fingerprint density at radius 1 is 1.38 bits per heavy atom. The van der Waals surface area contributed by atoms with Crippen molar-refractivity contribution in [2.24, 2.45) is 10.9 Å². The van der Waals surface area contributed by atoms with Gasteiger partial charge >= 0.3 is 0 Å². The maximum atomic E-state index is 5.94. The summed E-state index contributed by atoms with van der Waals surface area (Å²) in [4.78, 5) is 8.68. The van der Waals surface area contributed by atoms with Gasteiger partial charge in [0.15, 0.2) is 5.96 Å². The lowest BCUT2D eigenvalue weighted by Crippen LogP contribution is -2.47. The van der Waals surface area contributed by atoms with E-state index in [9.17, 15) is 0 Å². The van der Waals surface area contributed by atoms with Crippen molar-refractivity contribution in [2.75, 3.05) is 7.05 Å². The van der Waals surface area contributed by atoms with Crippen LogP contribution in [0.1, 0.15) is 52.0 Å². The summed E-state index contributed by atoms with van der Waals surface area (Å²) in [6, 6.07) is 4.37. The lowest BCUT2D eigenvalue weighted by atomic mass is 9.96. The number of aromatic nitrogens is 1. The van der Waals surface area contributed by atoms with Gasteiger partial charge in [-0.1, -0.05) is 13.8 Å². The van der Waals surface area contributed by atoms with Crippen LogP contribution in [0.15, 0.2) is 23.3 Å². The molecule has 0 radical (unpaired) electrons. The molecule has 2 N–H and O–H groups in total. The topological polar surface area (TPSA) is 67.8 Å². The zero-order valence-electron chi connectivity index (χ0n) is 16.4. The molecule has 3 heterocycles. The molecular formula is C20H32N4O2. The number of rotatable bonds is 7. The van der Waals surface area contributed by atoms with E-state index in [-0.39, 0.29) is 6.10 Å². The van der Waals surface area contributed by atoms with Crippen molar-refractivity contribution < 1.29 is 9.47 Å². The first-order valence-electron chi connectivity index (χ1n) is 9.77. The third kappa shape index (κ3) is 5.10. The summed E-state index contributed by atoms with van der Waals surface area (Å²) < 4.78 is 11.8. The second kappa shape index (κ2) is 8.71. The van der Waals surface area contributed by atoms with Crippen molar-refractivity contribution in [3.8, 4) is 5.88 Å². The smallest absolute Gasteiger partial charge is 0.213 e. The van der Waals surface area contributed by atoms with Gasteiger partial charge in [-0.05, 0) is 50.2 Å². The van der Waals surface area contributed by atoms with Crippen molar-refractivity contribution in [3.05, 3.63) is 23.9 Å². The highest BCUT2D eigenvalue weighted by molar-refractivity contribution is 5.80. The molecule has 4 atom stereocenters. The SMILES string of the molecule is CN=C(NCc1ccnc(OC(C)CC(C)C)c1)NC1CC2CCC1O2. The van der Waals surface area contributed by atoms with Crippen molar-refractivity contribution in [3.63, 3.8) is 0 Å². The molecular weight excluding hydrogens is 328 g/mol. The summed E-state index contributed by atoms with van der Waals surface area (Å²) in [6.45, 7) is 7.18. The van der Waals surface area contributed by atoms with Gasteiger partial charge in [-0.25, -0.2) is 4.98 Å². The highest BCUT2D eigenvalue weighted by Crippen LogP contribution is 2.34. The van der Waals surface area contributed by atoms with Crippen LogP contribution >= 0.6 is 0 Å². The Morgan fingerprint density at radius 2 is 2.23 bits per heavy atom. The van der Waals surface area contributed by atoms with Crippen LogP contribution in [-0.4, -0.2) is 42.3 Å². The molecule has 6 heteroatoms. The number of pyridine rings is 1. The lowest BCUT2D eigenvalue weighted by molar-refractivity contribution is 0.0992. The fourth-order valence-electron chi connectivity index (χ4n) is 3.89. The first-order valence-corrected chi connectivity index (χ1v) is 9.77. The van der Waals surface area contributed by atoms with Gasteiger partial charge in [0.25, 0.3) is 0 Å². The van der Waals surface area contributed by atoms with E-state index in [1.807, 2.05) is 12.1 Å². The van der Waals surface area contributed by atoms with Crippen LogP contribution in [0.5, 0.6) is 5.88 Å². The summed E-state index contributed by atoms with van der Waals surface area (Å²) in [5.74, 6) is 2.11. The molecule has 2 aliphatic rings. The monoisotopic (exact) mass is 360 g/mol. The van der Waals surface area contributed by atoms with Crippen LogP contribution in [-0.2, 0) is 11.3 Å². The minimum atomic E-state index is 0.165. The van der Waals surface area contributed by atoms with Gasteiger partial charge in [-0.3, -0.25) is 4.99 Å². The van der Waals surface area contributed by atoms with Gasteiger partial charge in [-0.2, -0.15) is 0 Å². The molecule has 6 nitrogen and oxygen atoms in total. The van der Waals surface area contributed by atoms with Crippen LogP contribution in [0.4, 0.5) is 0 Å². The van der Waals surface area contributed by atoms with Gasteiger partial charge in [0, 0.05) is 25.9 Å². The molecule has 0 saturated carbocycles. The Labute approximate surface area is 156 Å². The van der Waals surface area contributed by atoms with E-state index in [1.54, 1.807) is 13.2 Å². The molecule has 1 aromatic rings. The summed E-state index contributed by atoms with van der Waals surface area (Å²) in [5.41, 5.74) is 1.12. The van der Waals surface area contributed by atoms with Gasteiger partial charge < -0.3 is 20.1 Å². The van der Waals surface area contributed by atoms with Crippen LogP contribution in [0.25, 0.3) is 0 Å². The molecule has 0 spiro atoms. The molecule has 0 amide bonds. The number of fused-ring (bicyclic) bond motifs is 2. The average Bonchev–Trinajstić information content (AvgIpc) is 3.21. The van der Waals surface area contributed by atoms with E-state index in [2.05, 4.69) is 41.4 Å². The first kappa shape index (κ1) is 19.0. The van der Waals surface area contributed by atoms with E-state index in [0.29, 0.717) is 36.6 Å². The predicted molar refractivity (Wildman–Crippen MR) is 103 cm³/mol. The second-order valence-corrected chi connectivity index (χ2v) is 7.85. The van der Waals surface area contributed by atoms with Crippen LogP contribution < -0.4 is 15.4 Å². The standard InChI is InChI=1S/C20H32N4O2/c1-13(2)9-14(3)25-19-10-15(7-8-22-19)12-23-20(21-4)24-17-11-16-5-6-18(17)26-16/h7-8,10,13-14,16-18H,5-6,9,11-12H2,1-4H3,(H2,21,23,24). The molecule has 4 unspecified atom stereocenters. The quantitative estimate of drug-likeness (QED) is 0.578. The molecule has 3 rings (SSSR count). The summed E-state index contributed by atoms with van der Waals surface area (Å²) in [5, 5.41) is 6.89. The largest absolute Gasteiger partial charge is 0.475 e. The maximum Gasteiger partial charge on any atom is 0.213 e. The third-order valence-electron chi connectivity index (χ3n) is 5.04. The molecule has 0 aliphatic carbocycles. The number of hydrogen-bond donors (Lipinski definition) is 2. The predicted octanol–water partition coefficient (Wildman–Crippen LogP) is 2.88. The van der Waals surface area contributed by atoms with Gasteiger partial charge in [0.05, 0.1) is 24.4 Å². The number of ether oxygens (including phenoxy) is 2. The van der Waals surface area contributed by atoms with E-state index >= 15 is 0 Å². The normalized spacial score (nSPS) is 26.2. The Morgan fingerprint density at radius 3 is 2.88 bits per heavy atom. The molecule has 144 valence electrons. The molecule has 1 aromatic heterocycles. The van der Waals surface area contributed by atoms with Gasteiger partial charge in [0.2, 0.25) is 5.88 Å². The van der Waals surface area contributed by atoms with E-state index in [0.717, 1.165) is 30.8 Å². The number of nitrogens with one attached hydrogen (secondary N) is 2. The Kier molecular flexibility index (Phi) is 6.35. The highest BCUT2D eigenvalue weighted by atomic mass is 16.5. The van der Waals surface area contributed by atoms with E-state index in [4.69, 9.17) is 9.47 Å². The number of aliphatic imine (C=N–C) groups is 1. The van der Waals surface area contributed by atoms with Crippen LogP contribution in [0.2, 0.25) is 0 Å². The van der Waals surface area contributed by atoms with E-state index in [1.165, 1.54) is 6.42 Å². The fraction of sp³-hybridized carbons (Fsp3) is 0.700. The third-order valence-corrected chi connectivity index (χ3v) is 5.04. The van der Waals surface area contributed by atoms with Crippen molar-refractivity contribution in [1.29, 1.82) is 0 Å². The van der Waals surface area contributed by atoms with Crippen LogP contribution in [0, 0.1) is 5.92 Å². The fourth-order valence-corrected chi connectivity index (χ4v) is 3.89. The van der Waals surface area contributed by atoms with Crippen LogP contribution in [0.3, 0.4) is 0 Å². The number of nitrogens with zero attached hydrogens (tertiary/aromatic N) is 2. The first-order chi connectivity index (χ1) is 12.5. The highest BCUT2D eigenvalue weighted by Gasteiger charge is 2.41. The minimum absolute atomic E-state index is 0.165. The number of hydrogen-bond acceptors (Lipinski definition) is 4. The molecule has 0 aromatic carbocycles. The Bertz CT molecular complexity index is 620. The Balaban J connectivity index is 1.49. The molecule has 2 fully saturated rings. The summed E-state index contributed by atoms with van der Waals surface area (Å²) in [7, 11) is 1.80. The zero-order valence-corrected chi connectivity index (χ0v) is 16.4. The summed E-state index contributed by atoms with van der Waals surface area (Å²) >= 11 is 0. The van der Waals surface area contributed by atoms with E-state index < -0.39 is 0 Å².